The number of nitrogens with one attached hydrogen (secondary N) is 3. The van der Waals surface area contributed by atoms with Crippen LogP contribution in [0.1, 0.15) is 0 Å². The summed E-state index contributed by atoms with van der Waals surface area (Å²) in [6.45, 7) is 0. The number of benzene rings is 2. The molecule has 0 atom stereocenters. The Labute approximate surface area is 163 Å². The van der Waals surface area contributed by atoms with Gasteiger partial charge in [0.05, 0.1) is 10.2 Å². The molecule has 2 aromatic heterocycles. The second-order valence-electron chi connectivity index (χ2n) is 5.69. The van der Waals surface area contributed by atoms with E-state index >= 15 is 0 Å². The second kappa shape index (κ2) is 7.55. The fourth-order valence-electron chi connectivity index (χ4n) is 2.46. The number of aromatic nitrogens is 4. The summed E-state index contributed by atoms with van der Waals surface area (Å²) in [6.07, 6.45) is 3.37. The Balaban J connectivity index is 1.51. The van der Waals surface area contributed by atoms with Gasteiger partial charge in [0, 0.05) is 23.8 Å². The number of rotatable bonds is 5. The number of hydrogen-bond donors (Lipinski definition) is 3. The number of nitrogens with zero attached hydrogens (tertiary/aromatic N) is 3. The molecular formula is C19H14BrFN6. The zero-order valence-corrected chi connectivity index (χ0v) is 15.5. The van der Waals surface area contributed by atoms with E-state index in [1.54, 1.807) is 24.5 Å². The van der Waals surface area contributed by atoms with Gasteiger partial charge in [0.25, 0.3) is 0 Å². The Hall–Kier alpha value is -3.26. The first kappa shape index (κ1) is 17.2. The molecule has 8 heteroatoms. The number of H-pyrrole nitrogens is 1. The average Bonchev–Trinajstić information content (AvgIpc) is 3.22. The molecule has 0 amide bonds. The van der Waals surface area contributed by atoms with E-state index in [-0.39, 0.29) is 5.82 Å². The molecule has 0 saturated heterocycles. The van der Waals surface area contributed by atoms with Crippen LogP contribution >= 0.6 is 15.9 Å². The van der Waals surface area contributed by atoms with Crippen LogP contribution in [0.15, 0.2) is 71.5 Å². The maximum atomic E-state index is 13.1. The van der Waals surface area contributed by atoms with Gasteiger partial charge in [-0.3, -0.25) is 5.10 Å². The van der Waals surface area contributed by atoms with Crippen molar-refractivity contribution < 1.29 is 4.39 Å². The van der Waals surface area contributed by atoms with Gasteiger partial charge < -0.3 is 10.6 Å². The van der Waals surface area contributed by atoms with Gasteiger partial charge in [0.15, 0.2) is 0 Å². The summed E-state index contributed by atoms with van der Waals surface area (Å²) in [4.78, 5) is 8.74. The molecule has 3 N–H and O–H groups in total. The summed E-state index contributed by atoms with van der Waals surface area (Å²) in [7, 11) is 0. The lowest BCUT2D eigenvalue weighted by Gasteiger charge is -2.10. The summed E-state index contributed by atoms with van der Waals surface area (Å²) in [5.41, 5.74) is 3.57. The van der Waals surface area contributed by atoms with Crippen LogP contribution in [0.25, 0.3) is 11.3 Å². The SMILES string of the molecule is Fc1ccc(Nc2nc(Nc3ccc(-c4ccn[nH]4)cc3)ncc2Br)cc1. The van der Waals surface area contributed by atoms with Gasteiger partial charge in [-0.25, -0.2) is 9.37 Å². The third kappa shape index (κ3) is 4.12. The van der Waals surface area contributed by atoms with E-state index in [2.05, 4.69) is 46.7 Å². The maximum Gasteiger partial charge on any atom is 0.229 e. The summed E-state index contributed by atoms with van der Waals surface area (Å²) in [5, 5.41) is 13.2. The summed E-state index contributed by atoms with van der Waals surface area (Å²) in [5.74, 6) is 0.730. The third-order valence-corrected chi connectivity index (χ3v) is 4.38. The number of hydrogen-bond acceptors (Lipinski definition) is 5. The van der Waals surface area contributed by atoms with Crippen LogP contribution in [0.4, 0.5) is 27.5 Å². The van der Waals surface area contributed by atoms with E-state index in [1.165, 1.54) is 12.1 Å². The first-order valence-electron chi connectivity index (χ1n) is 8.09. The van der Waals surface area contributed by atoms with Crippen LogP contribution in [0.5, 0.6) is 0 Å². The molecule has 0 aliphatic carbocycles. The molecule has 0 fully saturated rings. The summed E-state index contributed by atoms with van der Waals surface area (Å²) in [6, 6.07) is 15.8. The molecule has 0 spiro atoms. The minimum Gasteiger partial charge on any atom is -0.339 e. The lowest BCUT2D eigenvalue weighted by atomic mass is 10.1. The third-order valence-electron chi connectivity index (χ3n) is 3.80. The van der Waals surface area contributed by atoms with Crippen molar-refractivity contribution in [3.8, 4) is 11.3 Å². The largest absolute Gasteiger partial charge is 0.339 e. The zero-order chi connectivity index (χ0) is 18.6. The average molecular weight is 425 g/mol. The van der Waals surface area contributed by atoms with Gasteiger partial charge in [-0.15, -0.1) is 0 Å². The van der Waals surface area contributed by atoms with Crippen molar-refractivity contribution in [3.05, 3.63) is 77.3 Å². The van der Waals surface area contributed by atoms with E-state index in [0.717, 1.165) is 22.6 Å². The normalized spacial score (nSPS) is 10.6. The summed E-state index contributed by atoms with van der Waals surface area (Å²) >= 11 is 3.42. The van der Waals surface area contributed by atoms with Gasteiger partial charge in [-0.2, -0.15) is 10.1 Å². The van der Waals surface area contributed by atoms with Gasteiger partial charge >= 0.3 is 0 Å². The molecule has 4 aromatic rings. The Morgan fingerprint density at radius 3 is 2.30 bits per heavy atom. The van der Waals surface area contributed by atoms with Gasteiger partial charge in [0.2, 0.25) is 5.95 Å². The smallest absolute Gasteiger partial charge is 0.229 e. The Morgan fingerprint density at radius 2 is 1.59 bits per heavy atom. The van der Waals surface area contributed by atoms with Gasteiger partial charge in [-0.05, 0) is 64.0 Å². The molecule has 27 heavy (non-hydrogen) atoms. The molecule has 4 rings (SSSR count). The minimum absolute atomic E-state index is 0.289. The van der Waals surface area contributed by atoms with Crippen molar-refractivity contribution in [1.29, 1.82) is 0 Å². The van der Waals surface area contributed by atoms with Gasteiger partial charge in [-0.1, -0.05) is 12.1 Å². The Morgan fingerprint density at radius 1 is 0.889 bits per heavy atom. The van der Waals surface area contributed by atoms with Crippen LogP contribution in [-0.2, 0) is 0 Å². The van der Waals surface area contributed by atoms with Crippen molar-refractivity contribution in [2.45, 2.75) is 0 Å². The second-order valence-corrected chi connectivity index (χ2v) is 6.55. The lowest BCUT2D eigenvalue weighted by Crippen LogP contribution is -2.01. The van der Waals surface area contributed by atoms with Crippen LogP contribution in [0.3, 0.4) is 0 Å². The van der Waals surface area contributed by atoms with Crippen LogP contribution in [0.2, 0.25) is 0 Å². The van der Waals surface area contributed by atoms with Crippen molar-refractivity contribution in [2.24, 2.45) is 0 Å². The van der Waals surface area contributed by atoms with E-state index in [1.807, 2.05) is 30.3 Å². The first-order chi connectivity index (χ1) is 13.2. The molecule has 0 saturated carbocycles. The quantitative estimate of drug-likeness (QED) is 0.407. The highest BCUT2D eigenvalue weighted by Gasteiger charge is 2.07. The van der Waals surface area contributed by atoms with E-state index in [9.17, 15) is 4.39 Å². The highest BCUT2D eigenvalue weighted by Crippen LogP contribution is 2.26. The van der Waals surface area contributed by atoms with E-state index in [0.29, 0.717) is 16.2 Å². The van der Waals surface area contributed by atoms with E-state index in [4.69, 9.17) is 0 Å². The molecule has 2 heterocycles. The fraction of sp³-hybridized carbons (Fsp3) is 0. The Kier molecular flexibility index (Phi) is 4.80. The number of halogens is 2. The van der Waals surface area contributed by atoms with E-state index < -0.39 is 0 Å². The minimum atomic E-state index is -0.289. The maximum absolute atomic E-state index is 13.1. The monoisotopic (exact) mass is 424 g/mol. The molecular weight excluding hydrogens is 411 g/mol. The molecule has 0 bridgehead atoms. The Bertz CT molecular complexity index is 1030. The molecule has 6 nitrogen and oxygen atoms in total. The van der Waals surface area contributed by atoms with Gasteiger partial charge in [0.1, 0.15) is 11.6 Å². The molecule has 0 radical (unpaired) electrons. The summed E-state index contributed by atoms with van der Waals surface area (Å²) < 4.78 is 13.8. The molecule has 0 unspecified atom stereocenters. The highest BCUT2D eigenvalue weighted by atomic mass is 79.9. The first-order valence-corrected chi connectivity index (χ1v) is 8.89. The molecule has 0 aliphatic heterocycles. The van der Waals surface area contributed by atoms with Crippen molar-refractivity contribution in [1.82, 2.24) is 20.2 Å². The number of anilines is 4. The standard InChI is InChI=1S/C19H14BrFN6/c20-16-11-22-19(26-18(16)24-14-7-3-13(21)4-8-14)25-15-5-1-12(2-6-15)17-9-10-23-27-17/h1-11H,(H,23,27)(H2,22,24,25,26). The van der Waals surface area contributed by atoms with Crippen molar-refractivity contribution >= 4 is 39.1 Å². The molecule has 2 aromatic carbocycles. The fourth-order valence-corrected chi connectivity index (χ4v) is 2.75. The predicted molar refractivity (Wildman–Crippen MR) is 107 cm³/mol. The molecule has 134 valence electrons. The lowest BCUT2D eigenvalue weighted by molar-refractivity contribution is 0.628. The predicted octanol–water partition coefficient (Wildman–Crippen LogP) is 5.26. The molecule has 0 aliphatic rings. The van der Waals surface area contributed by atoms with Crippen LogP contribution in [-0.4, -0.2) is 20.2 Å². The number of aromatic amines is 1. The highest BCUT2D eigenvalue weighted by molar-refractivity contribution is 9.10. The zero-order valence-electron chi connectivity index (χ0n) is 13.9. The van der Waals surface area contributed by atoms with Crippen molar-refractivity contribution in [2.75, 3.05) is 10.6 Å². The van der Waals surface area contributed by atoms with Crippen LogP contribution in [0, 0.1) is 5.82 Å². The van der Waals surface area contributed by atoms with Crippen molar-refractivity contribution in [3.63, 3.8) is 0 Å². The van der Waals surface area contributed by atoms with Crippen LogP contribution < -0.4 is 10.6 Å². The topological polar surface area (TPSA) is 78.5 Å².